The van der Waals surface area contributed by atoms with Crippen molar-refractivity contribution in [2.24, 2.45) is 5.92 Å². The number of pyridine rings is 1. The van der Waals surface area contributed by atoms with Crippen LogP contribution in [0.25, 0.3) is 0 Å². The van der Waals surface area contributed by atoms with E-state index in [1.165, 1.54) is 6.07 Å². The van der Waals surface area contributed by atoms with Crippen molar-refractivity contribution in [3.63, 3.8) is 0 Å². The Morgan fingerprint density at radius 3 is 2.50 bits per heavy atom. The molecule has 0 radical (unpaired) electrons. The molecule has 0 spiro atoms. The van der Waals surface area contributed by atoms with Gasteiger partial charge in [-0.05, 0) is 43.0 Å². The molecule has 1 aromatic carbocycles. The van der Waals surface area contributed by atoms with Crippen molar-refractivity contribution in [3.8, 4) is 0 Å². The Hall–Kier alpha value is -2.50. The Kier molecular flexibility index (Phi) is 5.03. The molecule has 4 nitrogen and oxygen atoms in total. The SMILES string of the molecule is O=C(NCC1CCN(c2cccnc2)CC1)c1c(F)cccc1F. The average Bonchev–Trinajstić information content (AvgIpc) is 2.61. The summed E-state index contributed by atoms with van der Waals surface area (Å²) < 4.78 is 27.2. The minimum Gasteiger partial charge on any atom is -0.370 e. The number of anilines is 1. The zero-order chi connectivity index (χ0) is 16.9. The van der Waals surface area contributed by atoms with E-state index in [2.05, 4.69) is 15.2 Å². The quantitative estimate of drug-likeness (QED) is 0.937. The number of rotatable bonds is 4. The summed E-state index contributed by atoms with van der Waals surface area (Å²) in [6, 6.07) is 7.35. The van der Waals surface area contributed by atoms with Crippen molar-refractivity contribution >= 4 is 11.6 Å². The molecule has 0 bridgehead atoms. The summed E-state index contributed by atoms with van der Waals surface area (Å²) in [6.07, 6.45) is 5.40. The topological polar surface area (TPSA) is 45.2 Å². The zero-order valence-electron chi connectivity index (χ0n) is 13.2. The maximum atomic E-state index is 13.6. The fraction of sp³-hybridized carbons (Fsp3) is 0.333. The summed E-state index contributed by atoms with van der Waals surface area (Å²) in [5.41, 5.74) is 0.582. The van der Waals surface area contributed by atoms with Gasteiger partial charge in [0.1, 0.15) is 17.2 Å². The Balaban J connectivity index is 1.51. The highest BCUT2D eigenvalue weighted by Crippen LogP contribution is 2.22. The lowest BCUT2D eigenvalue weighted by molar-refractivity contribution is 0.0936. The predicted octanol–water partition coefficient (Wildman–Crippen LogP) is 3.01. The van der Waals surface area contributed by atoms with E-state index in [-0.39, 0.29) is 0 Å². The molecule has 1 aliphatic heterocycles. The minimum absolute atomic E-state index is 0.303. The molecule has 3 rings (SSSR count). The number of carbonyl (C=O) groups is 1. The van der Waals surface area contributed by atoms with Gasteiger partial charge in [0, 0.05) is 25.8 Å². The van der Waals surface area contributed by atoms with Crippen LogP contribution in [-0.2, 0) is 0 Å². The van der Waals surface area contributed by atoms with E-state index in [4.69, 9.17) is 0 Å². The molecular formula is C18H19F2N3O. The molecule has 6 heteroatoms. The highest BCUT2D eigenvalue weighted by Gasteiger charge is 2.22. The van der Waals surface area contributed by atoms with Crippen LogP contribution in [0.15, 0.2) is 42.7 Å². The Morgan fingerprint density at radius 2 is 1.88 bits per heavy atom. The van der Waals surface area contributed by atoms with Gasteiger partial charge in [0.05, 0.1) is 11.9 Å². The van der Waals surface area contributed by atoms with Gasteiger partial charge < -0.3 is 10.2 Å². The third kappa shape index (κ3) is 3.69. The van der Waals surface area contributed by atoms with Crippen LogP contribution in [-0.4, -0.2) is 30.5 Å². The molecule has 1 amide bonds. The lowest BCUT2D eigenvalue weighted by Crippen LogP contribution is -2.39. The summed E-state index contributed by atoms with van der Waals surface area (Å²) in [5.74, 6) is -2.06. The first kappa shape index (κ1) is 16.4. The highest BCUT2D eigenvalue weighted by atomic mass is 19.1. The zero-order valence-corrected chi connectivity index (χ0v) is 13.2. The average molecular weight is 331 g/mol. The van der Waals surface area contributed by atoms with Crippen molar-refractivity contribution < 1.29 is 13.6 Å². The maximum Gasteiger partial charge on any atom is 0.257 e. The Labute approximate surface area is 139 Å². The smallest absolute Gasteiger partial charge is 0.257 e. The van der Waals surface area contributed by atoms with Crippen LogP contribution >= 0.6 is 0 Å². The van der Waals surface area contributed by atoms with Gasteiger partial charge in [-0.3, -0.25) is 9.78 Å². The fourth-order valence-electron chi connectivity index (χ4n) is 2.98. The number of aromatic nitrogens is 1. The van der Waals surface area contributed by atoms with Gasteiger partial charge in [0.15, 0.2) is 0 Å². The summed E-state index contributed by atoms with van der Waals surface area (Å²) in [4.78, 5) is 18.4. The second-order valence-electron chi connectivity index (χ2n) is 5.95. The van der Waals surface area contributed by atoms with E-state index in [9.17, 15) is 13.6 Å². The number of piperidine rings is 1. The van der Waals surface area contributed by atoms with Gasteiger partial charge in [-0.15, -0.1) is 0 Å². The molecule has 1 fully saturated rings. The minimum atomic E-state index is -0.834. The molecule has 1 aliphatic rings. The lowest BCUT2D eigenvalue weighted by atomic mass is 9.96. The lowest BCUT2D eigenvalue weighted by Gasteiger charge is -2.33. The summed E-state index contributed by atoms with van der Waals surface area (Å²) in [6.45, 7) is 2.17. The van der Waals surface area contributed by atoms with Crippen molar-refractivity contribution in [1.29, 1.82) is 0 Å². The number of carbonyl (C=O) groups excluding carboxylic acids is 1. The third-order valence-electron chi connectivity index (χ3n) is 4.37. The standard InChI is InChI=1S/C18H19F2N3O/c19-15-4-1-5-16(20)17(15)18(24)22-11-13-6-9-23(10-7-13)14-3-2-8-21-12-14/h1-5,8,12-13H,6-7,9-11H2,(H,22,24). The van der Waals surface area contributed by atoms with Crippen LogP contribution < -0.4 is 10.2 Å². The van der Waals surface area contributed by atoms with Crippen LogP contribution in [0, 0.1) is 17.6 Å². The van der Waals surface area contributed by atoms with E-state index in [1.807, 2.05) is 18.3 Å². The Bertz CT molecular complexity index is 680. The number of benzene rings is 1. The van der Waals surface area contributed by atoms with E-state index < -0.39 is 23.1 Å². The first-order valence-corrected chi connectivity index (χ1v) is 8.02. The molecule has 1 saturated heterocycles. The molecule has 0 saturated carbocycles. The van der Waals surface area contributed by atoms with Crippen LogP contribution in [0.4, 0.5) is 14.5 Å². The van der Waals surface area contributed by atoms with Crippen molar-refractivity contribution in [2.45, 2.75) is 12.8 Å². The largest absolute Gasteiger partial charge is 0.370 e. The van der Waals surface area contributed by atoms with Gasteiger partial charge in [0.25, 0.3) is 5.91 Å². The van der Waals surface area contributed by atoms with Crippen molar-refractivity contribution in [3.05, 3.63) is 59.9 Å². The second-order valence-corrected chi connectivity index (χ2v) is 5.95. The van der Waals surface area contributed by atoms with Crippen LogP contribution in [0.3, 0.4) is 0 Å². The maximum absolute atomic E-state index is 13.6. The molecule has 24 heavy (non-hydrogen) atoms. The van der Waals surface area contributed by atoms with Crippen LogP contribution in [0.5, 0.6) is 0 Å². The molecule has 2 aromatic rings. The predicted molar refractivity (Wildman–Crippen MR) is 87.9 cm³/mol. The molecule has 0 unspecified atom stereocenters. The highest BCUT2D eigenvalue weighted by molar-refractivity contribution is 5.94. The van der Waals surface area contributed by atoms with Gasteiger partial charge in [-0.2, -0.15) is 0 Å². The van der Waals surface area contributed by atoms with Crippen LogP contribution in [0.1, 0.15) is 23.2 Å². The summed E-state index contributed by atoms with van der Waals surface area (Å²) >= 11 is 0. The fourth-order valence-corrected chi connectivity index (χ4v) is 2.98. The number of hydrogen-bond donors (Lipinski definition) is 1. The van der Waals surface area contributed by atoms with Crippen molar-refractivity contribution in [1.82, 2.24) is 10.3 Å². The molecule has 0 aliphatic carbocycles. The normalized spacial score (nSPS) is 15.3. The number of amides is 1. The van der Waals surface area contributed by atoms with Crippen LogP contribution in [0.2, 0.25) is 0 Å². The van der Waals surface area contributed by atoms with E-state index >= 15 is 0 Å². The molecule has 2 heterocycles. The molecule has 1 aromatic heterocycles. The van der Waals surface area contributed by atoms with E-state index in [0.717, 1.165) is 43.8 Å². The molecular weight excluding hydrogens is 312 g/mol. The number of halogens is 2. The number of nitrogens with one attached hydrogen (secondary N) is 1. The van der Waals surface area contributed by atoms with Gasteiger partial charge in [0.2, 0.25) is 0 Å². The van der Waals surface area contributed by atoms with Gasteiger partial charge >= 0.3 is 0 Å². The summed E-state index contributed by atoms with van der Waals surface area (Å²) in [5, 5.41) is 2.66. The number of nitrogens with zero attached hydrogens (tertiary/aromatic N) is 2. The Morgan fingerprint density at radius 1 is 1.17 bits per heavy atom. The number of hydrogen-bond acceptors (Lipinski definition) is 3. The molecule has 0 atom stereocenters. The first-order valence-electron chi connectivity index (χ1n) is 8.02. The van der Waals surface area contributed by atoms with Gasteiger partial charge in [-0.1, -0.05) is 6.07 Å². The molecule has 126 valence electrons. The van der Waals surface area contributed by atoms with Gasteiger partial charge in [-0.25, -0.2) is 8.78 Å². The second kappa shape index (κ2) is 7.38. The summed E-state index contributed by atoms with van der Waals surface area (Å²) in [7, 11) is 0. The third-order valence-corrected chi connectivity index (χ3v) is 4.37. The van der Waals surface area contributed by atoms with E-state index in [1.54, 1.807) is 6.20 Å². The van der Waals surface area contributed by atoms with E-state index in [0.29, 0.717) is 12.5 Å². The monoisotopic (exact) mass is 331 g/mol. The molecule has 1 N–H and O–H groups in total. The van der Waals surface area contributed by atoms with Crippen molar-refractivity contribution in [2.75, 3.05) is 24.5 Å². The first-order chi connectivity index (χ1) is 11.6.